The zero-order valence-corrected chi connectivity index (χ0v) is 14.0. The lowest BCUT2D eigenvalue weighted by molar-refractivity contribution is 0.100. The van der Waals surface area contributed by atoms with Crippen LogP contribution in [-0.2, 0) is 12.8 Å². The van der Waals surface area contributed by atoms with Gasteiger partial charge in [-0.05, 0) is 54.1 Å². The Hall–Kier alpha value is -2.25. The van der Waals surface area contributed by atoms with Gasteiger partial charge in [0.15, 0.2) is 5.06 Å². The van der Waals surface area contributed by atoms with E-state index in [9.17, 15) is 4.79 Å². The average Bonchev–Trinajstić information content (AvgIpc) is 3.13. The van der Waals surface area contributed by atoms with E-state index in [1.807, 2.05) is 19.2 Å². The largest absolute Gasteiger partial charge is 0.444 e. The summed E-state index contributed by atoms with van der Waals surface area (Å²) in [6.07, 6.45) is 6.96. The summed E-state index contributed by atoms with van der Waals surface area (Å²) in [6.45, 7) is 1.96. The van der Waals surface area contributed by atoms with Crippen molar-refractivity contribution in [2.24, 2.45) is 5.73 Å². The molecule has 1 amide bonds. The van der Waals surface area contributed by atoms with Gasteiger partial charge in [0.25, 0.3) is 5.91 Å². The predicted octanol–water partition coefficient (Wildman–Crippen LogP) is 3.56. The highest BCUT2D eigenvalue weighted by Gasteiger charge is 2.30. The smallest absolute Gasteiger partial charge is 0.259 e. The maximum atomic E-state index is 11.8. The molecule has 7 heteroatoms. The molecule has 4 rings (SSSR count). The topological polar surface area (TPSA) is 78.1 Å². The third kappa shape index (κ3) is 2.32. The van der Waals surface area contributed by atoms with Crippen molar-refractivity contribution in [2.45, 2.75) is 19.8 Å². The molecule has 5 nitrogen and oxygen atoms in total. The van der Waals surface area contributed by atoms with Crippen LogP contribution in [0.3, 0.4) is 0 Å². The van der Waals surface area contributed by atoms with Crippen LogP contribution in [0.15, 0.2) is 24.7 Å². The number of amides is 1. The first-order valence-corrected chi connectivity index (χ1v) is 8.72. The first kappa shape index (κ1) is 14.3. The standard InChI is InChI=1S/C16H13N3O2S2/c1-8-4-5-18-7-11(8)21-16-12-10(14(22-16)15(17)20)3-2-9-6-19-23-13(9)12/h4-7H,2-3H2,1H3,(H2,17,20). The number of thiophene rings is 1. The Labute approximate surface area is 140 Å². The number of primary amides is 1. The molecule has 1 aliphatic rings. The van der Waals surface area contributed by atoms with Crippen molar-refractivity contribution >= 4 is 28.8 Å². The van der Waals surface area contributed by atoms with Crippen LogP contribution >= 0.6 is 22.9 Å². The normalized spacial score (nSPS) is 12.6. The maximum absolute atomic E-state index is 11.8. The molecule has 1 aliphatic carbocycles. The molecule has 3 aromatic rings. The number of nitrogens with zero attached hydrogens (tertiary/aromatic N) is 2. The van der Waals surface area contributed by atoms with Crippen LogP contribution in [0, 0.1) is 6.92 Å². The fourth-order valence-corrected chi connectivity index (χ4v) is 4.74. The summed E-state index contributed by atoms with van der Waals surface area (Å²) in [5.74, 6) is 0.279. The fraction of sp³-hybridized carbons (Fsp3) is 0.188. The molecule has 0 aromatic carbocycles. The lowest BCUT2D eigenvalue weighted by atomic mass is 9.93. The molecule has 0 fully saturated rings. The highest BCUT2D eigenvalue weighted by molar-refractivity contribution is 7.17. The molecule has 0 aliphatic heterocycles. The summed E-state index contributed by atoms with van der Waals surface area (Å²) in [7, 11) is 0. The van der Waals surface area contributed by atoms with Gasteiger partial charge in [-0.1, -0.05) is 11.3 Å². The van der Waals surface area contributed by atoms with Crippen LogP contribution in [0.1, 0.15) is 26.4 Å². The summed E-state index contributed by atoms with van der Waals surface area (Å²) in [4.78, 5) is 17.6. The van der Waals surface area contributed by atoms with Crippen LogP contribution in [0.5, 0.6) is 10.8 Å². The number of ether oxygens (including phenoxy) is 1. The van der Waals surface area contributed by atoms with E-state index in [2.05, 4.69) is 9.36 Å². The Morgan fingerprint density at radius 1 is 1.35 bits per heavy atom. The first-order chi connectivity index (χ1) is 11.1. The number of hydrogen-bond acceptors (Lipinski definition) is 6. The Morgan fingerprint density at radius 2 is 2.22 bits per heavy atom. The van der Waals surface area contributed by atoms with Crippen molar-refractivity contribution in [3.8, 4) is 21.3 Å². The number of nitrogens with two attached hydrogens (primary N) is 1. The average molecular weight is 343 g/mol. The summed E-state index contributed by atoms with van der Waals surface area (Å²) >= 11 is 2.74. The molecule has 0 saturated heterocycles. The minimum absolute atomic E-state index is 0.406. The van der Waals surface area contributed by atoms with Gasteiger partial charge in [0.1, 0.15) is 5.75 Å². The Kier molecular flexibility index (Phi) is 3.39. The second kappa shape index (κ2) is 5.43. The van der Waals surface area contributed by atoms with Crippen LogP contribution in [0.4, 0.5) is 0 Å². The Balaban J connectivity index is 1.88. The summed E-state index contributed by atoms with van der Waals surface area (Å²) in [6, 6.07) is 1.89. The molecule has 0 unspecified atom stereocenters. The van der Waals surface area contributed by atoms with Gasteiger partial charge < -0.3 is 10.5 Å². The first-order valence-electron chi connectivity index (χ1n) is 7.13. The van der Waals surface area contributed by atoms with Gasteiger partial charge >= 0.3 is 0 Å². The molecule has 0 atom stereocenters. The van der Waals surface area contributed by atoms with E-state index >= 15 is 0 Å². The fourth-order valence-electron chi connectivity index (χ4n) is 2.74. The van der Waals surface area contributed by atoms with Gasteiger partial charge in [-0.2, -0.15) is 0 Å². The van der Waals surface area contributed by atoms with Crippen molar-refractivity contribution < 1.29 is 9.53 Å². The minimum Gasteiger partial charge on any atom is -0.444 e. The second-order valence-electron chi connectivity index (χ2n) is 5.36. The highest BCUT2D eigenvalue weighted by atomic mass is 32.1. The number of aryl methyl sites for hydroxylation is 2. The Morgan fingerprint density at radius 3 is 3.00 bits per heavy atom. The number of pyridine rings is 1. The van der Waals surface area contributed by atoms with Crippen molar-refractivity contribution in [3.63, 3.8) is 0 Å². The van der Waals surface area contributed by atoms with Crippen molar-refractivity contribution in [3.05, 3.63) is 46.2 Å². The molecule has 3 aromatic heterocycles. The van der Waals surface area contributed by atoms with E-state index in [1.54, 1.807) is 12.4 Å². The molecule has 2 N–H and O–H groups in total. The van der Waals surface area contributed by atoms with Crippen molar-refractivity contribution in [1.82, 2.24) is 9.36 Å². The van der Waals surface area contributed by atoms with Gasteiger partial charge in [0.2, 0.25) is 0 Å². The second-order valence-corrected chi connectivity index (χ2v) is 7.14. The number of hydrogen-bond donors (Lipinski definition) is 1. The third-order valence-corrected chi connectivity index (χ3v) is 5.89. The molecule has 23 heavy (non-hydrogen) atoms. The molecular formula is C16H13N3O2S2. The zero-order valence-electron chi connectivity index (χ0n) is 12.3. The van der Waals surface area contributed by atoms with Crippen LogP contribution in [-0.4, -0.2) is 15.3 Å². The van der Waals surface area contributed by atoms with Gasteiger partial charge in [-0.15, -0.1) is 0 Å². The molecule has 0 spiro atoms. The molecule has 0 radical (unpaired) electrons. The van der Waals surface area contributed by atoms with Gasteiger partial charge in [-0.3, -0.25) is 9.78 Å². The summed E-state index contributed by atoms with van der Waals surface area (Å²) in [5.41, 5.74) is 9.70. The van der Waals surface area contributed by atoms with E-state index in [1.165, 1.54) is 28.4 Å². The number of carbonyl (C=O) groups is 1. The van der Waals surface area contributed by atoms with E-state index in [0.29, 0.717) is 15.7 Å². The van der Waals surface area contributed by atoms with Crippen LogP contribution in [0.2, 0.25) is 0 Å². The summed E-state index contributed by atoms with van der Waals surface area (Å²) < 4.78 is 10.4. The molecular weight excluding hydrogens is 330 g/mol. The monoisotopic (exact) mass is 343 g/mol. The molecule has 0 bridgehead atoms. The molecule has 0 saturated carbocycles. The van der Waals surface area contributed by atoms with Crippen molar-refractivity contribution in [2.75, 3.05) is 0 Å². The zero-order chi connectivity index (χ0) is 16.0. The highest BCUT2D eigenvalue weighted by Crippen LogP contribution is 2.49. The van der Waals surface area contributed by atoms with E-state index < -0.39 is 5.91 Å². The predicted molar refractivity (Wildman–Crippen MR) is 90.4 cm³/mol. The van der Waals surface area contributed by atoms with Crippen molar-refractivity contribution in [1.29, 1.82) is 0 Å². The maximum Gasteiger partial charge on any atom is 0.259 e. The van der Waals surface area contributed by atoms with Gasteiger partial charge in [0.05, 0.1) is 21.5 Å². The van der Waals surface area contributed by atoms with Gasteiger partial charge in [0, 0.05) is 12.4 Å². The Bertz CT molecular complexity index is 914. The third-order valence-electron chi connectivity index (χ3n) is 3.91. The molecule has 116 valence electrons. The van der Waals surface area contributed by atoms with Gasteiger partial charge in [-0.25, -0.2) is 4.37 Å². The van der Waals surface area contributed by atoms with E-state index in [4.69, 9.17) is 10.5 Å². The number of fused-ring (bicyclic) bond motifs is 3. The number of carbonyl (C=O) groups excluding carboxylic acids is 1. The van der Waals surface area contributed by atoms with E-state index in [0.717, 1.165) is 34.4 Å². The SMILES string of the molecule is Cc1ccncc1Oc1sc(C(N)=O)c2c1-c1sncc1CC2. The summed E-state index contributed by atoms with van der Waals surface area (Å²) in [5, 5.41) is 0.690. The number of aromatic nitrogens is 2. The van der Waals surface area contributed by atoms with E-state index in [-0.39, 0.29) is 0 Å². The van der Waals surface area contributed by atoms with Crippen LogP contribution in [0.25, 0.3) is 10.4 Å². The lowest BCUT2D eigenvalue weighted by Gasteiger charge is -2.14. The molecule has 3 heterocycles. The number of rotatable bonds is 3. The quantitative estimate of drug-likeness (QED) is 0.788. The minimum atomic E-state index is -0.406. The van der Waals surface area contributed by atoms with Crippen LogP contribution < -0.4 is 10.5 Å². The lowest BCUT2D eigenvalue weighted by Crippen LogP contribution is -2.12.